The van der Waals surface area contributed by atoms with Gasteiger partial charge < -0.3 is 10.1 Å². The minimum absolute atomic E-state index is 0.115. The molecule has 148 valence electrons. The minimum atomic E-state index is -0.702. The lowest BCUT2D eigenvalue weighted by molar-refractivity contribution is -0.385. The van der Waals surface area contributed by atoms with Gasteiger partial charge in [-0.1, -0.05) is 6.07 Å². The summed E-state index contributed by atoms with van der Waals surface area (Å²) in [7, 11) is 0. The van der Waals surface area contributed by atoms with Gasteiger partial charge in [-0.15, -0.1) is 11.3 Å². The van der Waals surface area contributed by atoms with E-state index in [0.717, 1.165) is 11.3 Å². The highest BCUT2D eigenvalue weighted by Gasteiger charge is 2.20. The van der Waals surface area contributed by atoms with E-state index in [9.17, 15) is 19.7 Å². The predicted molar refractivity (Wildman–Crippen MR) is 105 cm³/mol. The SMILES string of the molecule is Cc1ccc(NC(=O)COC(=O)c2sc(-c3ncccn3)nc2C)cc1[N+](=O)[O-]. The number of hydrogen-bond donors (Lipinski definition) is 1. The summed E-state index contributed by atoms with van der Waals surface area (Å²) in [6.07, 6.45) is 3.13. The number of anilines is 1. The summed E-state index contributed by atoms with van der Waals surface area (Å²) in [5.74, 6) is -0.934. The summed E-state index contributed by atoms with van der Waals surface area (Å²) < 4.78 is 5.04. The van der Waals surface area contributed by atoms with Crippen molar-refractivity contribution < 1.29 is 19.2 Å². The van der Waals surface area contributed by atoms with E-state index >= 15 is 0 Å². The number of aryl methyl sites for hydroxylation is 2. The Kier molecular flexibility index (Phi) is 5.88. The molecule has 0 unspecified atom stereocenters. The van der Waals surface area contributed by atoms with Crippen LogP contribution < -0.4 is 5.32 Å². The van der Waals surface area contributed by atoms with Crippen molar-refractivity contribution in [1.82, 2.24) is 15.0 Å². The van der Waals surface area contributed by atoms with Gasteiger partial charge in [0, 0.05) is 29.7 Å². The van der Waals surface area contributed by atoms with Crippen molar-refractivity contribution in [3.8, 4) is 10.8 Å². The number of benzene rings is 1. The van der Waals surface area contributed by atoms with Crippen LogP contribution in [0.25, 0.3) is 10.8 Å². The van der Waals surface area contributed by atoms with Crippen LogP contribution in [-0.4, -0.2) is 38.4 Å². The van der Waals surface area contributed by atoms with Crippen molar-refractivity contribution in [2.45, 2.75) is 13.8 Å². The van der Waals surface area contributed by atoms with Gasteiger partial charge >= 0.3 is 5.97 Å². The Balaban J connectivity index is 1.62. The Morgan fingerprint density at radius 1 is 1.24 bits per heavy atom. The molecule has 1 aromatic carbocycles. The topological polar surface area (TPSA) is 137 Å². The van der Waals surface area contributed by atoms with E-state index in [-0.39, 0.29) is 16.3 Å². The van der Waals surface area contributed by atoms with Gasteiger partial charge in [-0.05, 0) is 26.0 Å². The van der Waals surface area contributed by atoms with Crippen LogP contribution in [-0.2, 0) is 9.53 Å². The molecule has 3 rings (SSSR count). The van der Waals surface area contributed by atoms with Crippen molar-refractivity contribution in [3.63, 3.8) is 0 Å². The lowest BCUT2D eigenvalue weighted by Gasteiger charge is -2.07. The zero-order valence-corrected chi connectivity index (χ0v) is 16.2. The molecule has 0 radical (unpaired) electrons. The fourth-order valence-electron chi connectivity index (χ4n) is 2.37. The number of nitro groups is 1. The molecule has 11 heteroatoms. The molecule has 0 aliphatic rings. The molecule has 0 bridgehead atoms. The predicted octanol–water partition coefficient (Wildman–Crippen LogP) is 2.92. The Bertz CT molecular complexity index is 1080. The van der Waals surface area contributed by atoms with Crippen LogP contribution >= 0.6 is 11.3 Å². The van der Waals surface area contributed by atoms with Crippen LogP contribution in [0.5, 0.6) is 0 Å². The molecule has 0 aliphatic carbocycles. The van der Waals surface area contributed by atoms with Gasteiger partial charge in [0.1, 0.15) is 4.88 Å². The van der Waals surface area contributed by atoms with Crippen LogP contribution in [0.2, 0.25) is 0 Å². The van der Waals surface area contributed by atoms with Crippen LogP contribution in [0, 0.1) is 24.0 Å². The third kappa shape index (κ3) is 4.76. The first-order chi connectivity index (χ1) is 13.8. The first-order valence-electron chi connectivity index (χ1n) is 8.32. The van der Waals surface area contributed by atoms with E-state index in [1.165, 1.54) is 18.2 Å². The first kappa shape index (κ1) is 20.0. The number of rotatable bonds is 6. The second-order valence-electron chi connectivity index (χ2n) is 5.89. The summed E-state index contributed by atoms with van der Waals surface area (Å²) >= 11 is 1.07. The molecule has 1 amide bonds. The molecule has 0 atom stereocenters. The number of aromatic nitrogens is 3. The van der Waals surface area contributed by atoms with Crippen molar-refractivity contribution >= 4 is 34.6 Å². The van der Waals surface area contributed by atoms with Crippen LogP contribution in [0.3, 0.4) is 0 Å². The number of ether oxygens (including phenoxy) is 1. The quantitative estimate of drug-likeness (QED) is 0.370. The summed E-state index contributed by atoms with van der Waals surface area (Å²) in [6.45, 7) is 2.69. The number of carbonyl (C=O) groups is 2. The molecule has 1 N–H and O–H groups in total. The highest BCUT2D eigenvalue weighted by atomic mass is 32.1. The number of amides is 1. The summed E-state index contributed by atoms with van der Waals surface area (Å²) in [6, 6.07) is 5.96. The zero-order chi connectivity index (χ0) is 21.0. The molecule has 3 aromatic rings. The van der Waals surface area contributed by atoms with E-state index in [1.807, 2.05) is 0 Å². The minimum Gasteiger partial charge on any atom is -0.451 e. The third-order valence-electron chi connectivity index (χ3n) is 3.76. The maximum absolute atomic E-state index is 12.3. The van der Waals surface area contributed by atoms with Gasteiger partial charge in [-0.2, -0.15) is 0 Å². The number of nitrogens with one attached hydrogen (secondary N) is 1. The Hall–Kier alpha value is -3.73. The van der Waals surface area contributed by atoms with Crippen LogP contribution in [0.1, 0.15) is 20.9 Å². The van der Waals surface area contributed by atoms with Crippen molar-refractivity contribution in [1.29, 1.82) is 0 Å². The molecule has 29 heavy (non-hydrogen) atoms. The summed E-state index contributed by atoms with van der Waals surface area (Å²) in [4.78, 5) is 47.4. The molecule has 0 saturated heterocycles. The number of esters is 1. The van der Waals surface area contributed by atoms with E-state index in [2.05, 4.69) is 20.3 Å². The number of nitrogens with zero attached hydrogens (tertiary/aromatic N) is 4. The molecular formula is C18H15N5O5S. The fourth-order valence-corrected chi connectivity index (χ4v) is 3.28. The molecule has 0 aliphatic heterocycles. The van der Waals surface area contributed by atoms with Crippen molar-refractivity contribution in [3.05, 3.63) is 62.9 Å². The molecular weight excluding hydrogens is 398 g/mol. The highest BCUT2D eigenvalue weighted by molar-refractivity contribution is 7.16. The van der Waals surface area contributed by atoms with Gasteiger partial charge in [-0.3, -0.25) is 14.9 Å². The van der Waals surface area contributed by atoms with Gasteiger partial charge in [0.25, 0.3) is 11.6 Å². The lowest BCUT2D eigenvalue weighted by Crippen LogP contribution is -2.21. The van der Waals surface area contributed by atoms with Gasteiger partial charge in [0.15, 0.2) is 17.4 Å². The Morgan fingerprint density at radius 3 is 2.66 bits per heavy atom. The second-order valence-corrected chi connectivity index (χ2v) is 6.89. The van der Waals surface area contributed by atoms with Gasteiger partial charge in [0.2, 0.25) is 0 Å². The number of carbonyl (C=O) groups excluding carboxylic acids is 2. The Labute approximate surface area is 168 Å². The average Bonchev–Trinajstić information content (AvgIpc) is 3.10. The molecule has 2 aromatic heterocycles. The number of hydrogen-bond acceptors (Lipinski definition) is 9. The second kappa shape index (κ2) is 8.52. The molecule has 2 heterocycles. The number of nitro benzene ring substituents is 1. The third-order valence-corrected chi connectivity index (χ3v) is 4.90. The molecule has 0 fully saturated rings. The molecule has 0 spiro atoms. The fraction of sp³-hybridized carbons (Fsp3) is 0.167. The van der Waals surface area contributed by atoms with Crippen LogP contribution in [0.4, 0.5) is 11.4 Å². The largest absolute Gasteiger partial charge is 0.451 e. The maximum atomic E-state index is 12.3. The van der Waals surface area contributed by atoms with E-state index in [0.29, 0.717) is 22.1 Å². The molecule has 10 nitrogen and oxygen atoms in total. The lowest BCUT2D eigenvalue weighted by atomic mass is 10.2. The standard InChI is InChI=1S/C18H15N5O5S/c1-10-4-5-12(8-13(10)23(26)27)22-14(24)9-28-18(25)15-11(2)21-17(29-15)16-19-6-3-7-20-16/h3-8H,9H2,1-2H3,(H,22,24). The van der Waals surface area contributed by atoms with Crippen molar-refractivity contribution in [2.75, 3.05) is 11.9 Å². The summed E-state index contributed by atoms with van der Waals surface area (Å²) in [5.41, 5.74) is 1.03. The zero-order valence-electron chi connectivity index (χ0n) is 15.4. The van der Waals surface area contributed by atoms with Crippen molar-refractivity contribution in [2.24, 2.45) is 0 Å². The van der Waals surface area contributed by atoms with E-state index < -0.39 is 23.4 Å². The summed E-state index contributed by atoms with van der Waals surface area (Å²) in [5, 5.41) is 13.9. The van der Waals surface area contributed by atoms with E-state index in [1.54, 1.807) is 32.3 Å². The van der Waals surface area contributed by atoms with Gasteiger partial charge in [0.05, 0.1) is 10.6 Å². The average molecular weight is 413 g/mol. The molecule has 0 saturated carbocycles. The monoisotopic (exact) mass is 413 g/mol. The normalized spacial score (nSPS) is 10.4. The number of thiazole rings is 1. The van der Waals surface area contributed by atoms with Gasteiger partial charge in [-0.25, -0.2) is 19.7 Å². The Morgan fingerprint density at radius 2 is 1.97 bits per heavy atom. The van der Waals surface area contributed by atoms with Crippen LogP contribution in [0.15, 0.2) is 36.7 Å². The first-order valence-corrected chi connectivity index (χ1v) is 9.13. The smallest absolute Gasteiger partial charge is 0.350 e. The maximum Gasteiger partial charge on any atom is 0.350 e. The van der Waals surface area contributed by atoms with E-state index in [4.69, 9.17) is 4.74 Å². The highest BCUT2D eigenvalue weighted by Crippen LogP contribution is 2.26.